The first kappa shape index (κ1) is 16.4. The van der Waals surface area contributed by atoms with E-state index in [0.29, 0.717) is 12.1 Å². The number of likely N-dealkylation sites (tertiary alicyclic amines) is 1. The van der Waals surface area contributed by atoms with Gasteiger partial charge < -0.3 is 10.2 Å². The summed E-state index contributed by atoms with van der Waals surface area (Å²) in [7, 11) is -3.62. The minimum atomic E-state index is -3.62. The summed E-state index contributed by atoms with van der Waals surface area (Å²) in [4.78, 5) is 14.3. The highest BCUT2D eigenvalue weighted by molar-refractivity contribution is 7.89. The molecule has 1 aromatic carbocycles. The van der Waals surface area contributed by atoms with Crippen LogP contribution in [0.15, 0.2) is 23.1 Å². The molecule has 1 amide bonds. The lowest BCUT2D eigenvalue weighted by Gasteiger charge is -2.19. The van der Waals surface area contributed by atoms with Gasteiger partial charge in [-0.15, -0.1) is 0 Å². The first-order chi connectivity index (χ1) is 10.9. The van der Waals surface area contributed by atoms with Crippen molar-refractivity contribution in [3.63, 3.8) is 0 Å². The van der Waals surface area contributed by atoms with Crippen LogP contribution in [0.2, 0.25) is 0 Å². The van der Waals surface area contributed by atoms with Crippen molar-refractivity contribution in [2.75, 3.05) is 26.2 Å². The zero-order chi connectivity index (χ0) is 16.6. The fourth-order valence-electron chi connectivity index (χ4n) is 3.30. The summed E-state index contributed by atoms with van der Waals surface area (Å²) < 4.78 is 28.1. The van der Waals surface area contributed by atoms with Crippen molar-refractivity contribution < 1.29 is 13.2 Å². The van der Waals surface area contributed by atoms with Crippen LogP contribution >= 0.6 is 0 Å². The summed E-state index contributed by atoms with van der Waals surface area (Å²) in [5.41, 5.74) is 1.37. The highest BCUT2D eigenvalue weighted by atomic mass is 32.2. The molecule has 3 rings (SSSR count). The van der Waals surface area contributed by atoms with E-state index < -0.39 is 10.0 Å². The zero-order valence-electron chi connectivity index (χ0n) is 13.5. The Balaban J connectivity index is 1.83. The summed E-state index contributed by atoms with van der Waals surface area (Å²) in [6, 6.07) is 4.74. The minimum absolute atomic E-state index is 0.0928. The van der Waals surface area contributed by atoms with Crippen LogP contribution in [0.4, 0.5) is 0 Å². The Labute approximate surface area is 137 Å². The molecule has 23 heavy (non-hydrogen) atoms. The van der Waals surface area contributed by atoms with Crippen LogP contribution in [0.1, 0.15) is 29.8 Å². The van der Waals surface area contributed by atoms with Crippen molar-refractivity contribution in [3.8, 4) is 0 Å². The molecule has 1 fully saturated rings. The molecule has 7 heteroatoms. The Morgan fingerprint density at radius 3 is 2.83 bits per heavy atom. The van der Waals surface area contributed by atoms with E-state index in [1.807, 2.05) is 0 Å². The Bertz CT molecular complexity index is 717. The number of carbonyl (C=O) groups excluding carboxylic acids is 1. The zero-order valence-corrected chi connectivity index (χ0v) is 14.3. The second kappa shape index (κ2) is 6.22. The van der Waals surface area contributed by atoms with Crippen molar-refractivity contribution in [1.29, 1.82) is 0 Å². The van der Waals surface area contributed by atoms with Crippen LogP contribution in [0, 0.1) is 5.92 Å². The molecular formula is C16H23N3O3S. The van der Waals surface area contributed by atoms with Gasteiger partial charge in [0.25, 0.3) is 5.91 Å². The number of hydrogen-bond donors (Lipinski definition) is 2. The summed E-state index contributed by atoms with van der Waals surface area (Å²) in [5.74, 6) is 0.0698. The molecule has 0 aliphatic carbocycles. The quantitative estimate of drug-likeness (QED) is 0.843. The first-order valence-corrected chi connectivity index (χ1v) is 9.55. The van der Waals surface area contributed by atoms with Crippen LogP contribution in [0.25, 0.3) is 0 Å². The number of sulfonamides is 1. The third-order valence-corrected chi connectivity index (χ3v) is 6.25. The van der Waals surface area contributed by atoms with Gasteiger partial charge in [0, 0.05) is 31.2 Å². The molecule has 2 atom stereocenters. The van der Waals surface area contributed by atoms with Crippen LogP contribution < -0.4 is 10.0 Å². The molecule has 2 N–H and O–H groups in total. The van der Waals surface area contributed by atoms with Crippen molar-refractivity contribution in [2.24, 2.45) is 5.92 Å². The number of carbonyl (C=O) groups is 1. The third kappa shape index (κ3) is 3.27. The van der Waals surface area contributed by atoms with E-state index in [0.717, 1.165) is 31.6 Å². The number of hydrogen-bond acceptors (Lipinski definition) is 4. The molecule has 1 saturated heterocycles. The van der Waals surface area contributed by atoms with E-state index >= 15 is 0 Å². The predicted molar refractivity (Wildman–Crippen MR) is 87.9 cm³/mol. The monoisotopic (exact) mass is 337 g/mol. The van der Waals surface area contributed by atoms with Crippen molar-refractivity contribution in [1.82, 2.24) is 14.9 Å². The molecule has 0 bridgehead atoms. The second-order valence-corrected chi connectivity index (χ2v) is 8.10. The topological polar surface area (TPSA) is 78.5 Å². The van der Waals surface area contributed by atoms with Gasteiger partial charge in [-0.3, -0.25) is 4.79 Å². The molecule has 0 aromatic heterocycles. The van der Waals surface area contributed by atoms with Crippen molar-refractivity contribution in [3.05, 3.63) is 29.3 Å². The number of amides is 1. The average molecular weight is 337 g/mol. The van der Waals surface area contributed by atoms with Crippen LogP contribution in [0.5, 0.6) is 0 Å². The van der Waals surface area contributed by atoms with Crippen LogP contribution in [-0.2, 0) is 16.4 Å². The number of nitrogens with one attached hydrogen (secondary N) is 2. The summed E-state index contributed by atoms with van der Waals surface area (Å²) >= 11 is 0. The maximum atomic E-state index is 12.7. The van der Waals surface area contributed by atoms with E-state index in [1.54, 1.807) is 12.1 Å². The van der Waals surface area contributed by atoms with Crippen molar-refractivity contribution >= 4 is 15.9 Å². The highest BCUT2D eigenvalue weighted by Gasteiger charge is 2.32. The minimum Gasteiger partial charge on any atom is -0.352 e. The highest BCUT2D eigenvalue weighted by Crippen LogP contribution is 2.22. The Morgan fingerprint density at radius 2 is 2.13 bits per heavy atom. The maximum absolute atomic E-state index is 12.7. The molecule has 0 unspecified atom stereocenters. The van der Waals surface area contributed by atoms with Gasteiger partial charge in [0.1, 0.15) is 0 Å². The standard InChI is InChI=1S/C16H23N3O3S/c1-3-19-9-11(2)15(10-19)18-23(21,22)13-5-4-12-6-7-17-16(20)14(12)8-13/h4-5,8,11,15,18H,3,6-7,9-10H2,1-2H3,(H,17,20)/t11-,15-/m0/s1. The number of rotatable bonds is 4. The lowest BCUT2D eigenvalue weighted by molar-refractivity contribution is 0.0945. The van der Waals surface area contributed by atoms with E-state index in [4.69, 9.17) is 0 Å². The average Bonchev–Trinajstić information content (AvgIpc) is 2.87. The number of nitrogens with zero attached hydrogens (tertiary/aromatic N) is 1. The van der Waals surface area contributed by atoms with E-state index in [9.17, 15) is 13.2 Å². The first-order valence-electron chi connectivity index (χ1n) is 8.06. The molecule has 0 spiro atoms. The van der Waals surface area contributed by atoms with Gasteiger partial charge in [-0.1, -0.05) is 19.9 Å². The lowest BCUT2D eigenvalue weighted by Crippen LogP contribution is -2.40. The Morgan fingerprint density at radius 1 is 1.35 bits per heavy atom. The molecule has 0 saturated carbocycles. The molecule has 0 radical (unpaired) electrons. The Hall–Kier alpha value is -1.44. The summed E-state index contributed by atoms with van der Waals surface area (Å²) in [6.07, 6.45) is 0.736. The lowest BCUT2D eigenvalue weighted by atomic mass is 10.0. The van der Waals surface area contributed by atoms with Gasteiger partial charge >= 0.3 is 0 Å². The normalized spacial score (nSPS) is 25.2. The molecule has 1 aromatic rings. The van der Waals surface area contributed by atoms with E-state index in [2.05, 4.69) is 28.8 Å². The van der Waals surface area contributed by atoms with Gasteiger partial charge in [-0.05, 0) is 36.6 Å². The van der Waals surface area contributed by atoms with E-state index in [1.165, 1.54) is 6.07 Å². The Kier molecular flexibility index (Phi) is 4.44. The third-order valence-electron chi connectivity index (χ3n) is 4.76. The molecule has 2 aliphatic rings. The number of fused-ring (bicyclic) bond motifs is 1. The number of benzene rings is 1. The molecule has 6 nitrogen and oxygen atoms in total. The molecular weight excluding hydrogens is 314 g/mol. The predicted octanol–water partition coefficient (Wildman–Crippen LogP) is 0.591. The fraction of sp³-hybridized carbons (Fsp3) is 0.562. The summed E-state index contributed by atoms with van der Waals surface area (Å²) in [6.45, 7) is 7.28. The molecule has 2 heterocycles. The van der Waals surface area contributed by atoms with Gasteiger partial charge in [-0.2, -0.15) is 0 Å². The van der Waals surface area contributed by atoms with E-state index in [-0.39, 0.29) is 22.8 Å². The second-order valence-electron chi connectivity index (χ2n) is 6.38. The van der Waals surface area contributed by atoms with Crippen LogP contribution in [-0.4, -0.2) is 51.4 Å². The smallest absolute Gasteiger partial charge is 0.251 e. The fourth-order valence-corrected chi connectivity index (χ4v) is 4.67. The maximum Gasteiger partial charge on any atom is 0.251 e. The van der Waals surface area contributed by atoms with Gasteiger partial charge in [0.05, 0.1) is 4.90 Å². The molecule has 2 aliphatic heterocycles. The van der Waals surface area contributed by atoms with Crippen molar-refractivity contribution in [2.45, 2.75) is 31.2 Å². The largest absolute Gasteiger partial charge is 0.352 e. The molecule has 126 valence electrons. The van der Waals surface area contributed by atoms with Gasteiger partial charge in [0.15, 0.2) is 0 Å². The van der Waals surface area contributed by atoms with Crippen LogP contribution in [0.3, 0.4) is 0 Å². The summed E-state index contributed by atoms with van der Waals surface area (Å²) in [5, 5.41) is 2.75. The number of likely N-dealkylation sites (N-methyl/N-ethyl adjacent to an activating group) is 1. The van der Waals surface area contributed by atoms with Gasteiger partial charge in [0.2, 0.25) is 10.0 Å². The SMILES string of the molecule is CCN1C[C@H](NS(=O)(=O)c2ccc3c(c2)C(=O)NCC3)[C@@H](C)C1. The van der Waals surface area contributed by atoms with Gasteiger partial charge in [-0.25, -0.2) is 13.1 Å².